The van der Waals surface area contributed by atoms with Gasteiger partial charge in [0.1, 0.15) is 0 Å². The number of ether oxygens (including phenoxy) is 1. The highest BCUT2D eigenvalue weighted by molar-refractivity contribution is 7.99. The van der Waals surface area contributed by atoms with Crippen LogP contribution in [0.2, 0.25) is 0 Å². The lowest BCUT2D eigenvalue weighted by atomic mass is 10.1. The molecule has 0 bridgehead atoms. The van der Waals surface area contributed by atoms with Crippen molar-refractivity contribution in [3.63, 3.8) is 0 Å². The molecule has 0 radical (unpaired) electrons. The van der Waals surface area contributed by atoms with Crippen molar-refractivity contribution in [1.29, 1.82) is 10.5 Å². The molecule has 8 heteroatoms. The summed E-state index contributed by atoms with van der Waals surface area (Å²) in [5.74, 6) is -0.303. The largest absolute Gasteiger partial charge is 0.469 e. The number of rotatable bonds is 8. The maximum atomic E-state index is 12.8. The average Bonchev–Trinajstić information content (AvgIpc) is 2.67. The van der Waals surface area contributed by atoms with Crippen molar-refractivity contribution in [2.45, 2.75) is 31.0 Å². The van der Waals surface area contributed by atoms with E-state index in [1.807, 2.05) is 6.07 Å². The van der Waals surface area contributed by atoms with Gasteiger partial charge >= 0.3 is 5.97 Å². The second kappa shape index (κ2) is 9.59. The fourth-order valence-electron chi connectivity index (χ4n) is 2.36. The predicted octanol–water partition coefficient (Wildman–Crippen LogP) is 2.50. The van der Waals surface area contributed by atoms with Gasteiger partial charge in [0.15, 0.2) is 5.16 Å². The quantitative estimate of drug-likeness (QED) is 0.399. The number of aromatic nitrogens is 2. The molecule has 1 aromatic carbocycles. The van der Waals surface area contributed by atoms with E-state index in [4.69, 9.17) is 5.26 Å². The van der Waals surface area contributed by atoms with Gasteiger partial charge in [-0.25, -0.2) is 4.98 Å². The summed E-state index contributed by atoms with van der Waals surface area (Å²) in [6.07, 6.45) is 0.832. The molecule has 0 aliphatic heterocycles. The van der Waals surface area contributed by atoms with Gasteiger partial charge in [0.25, 0.3) is 5.56 Å². The van der Waals surface area contributed by atoms with Crippen LogP contribution in [0.1, 0.15) is 19.3 Å². The van der Waals surface area contributed by atoms with Crippen molar-refractivity contribution in [2.24, 2.45) is 5.92 Å². The zero-order chi connectivity index (χ0) is 18.9. The normalized spacial score (nSPS) is 11.5. The molecule has 0 saturated heterocycles. The van der Waals surface area contributed by atoms with Gasteiger partial charge in [-0.05, 0) is 18.6 Å². The number of hydrogen-bond donors (Lipinski definition) is 0. The summed E-state index contributed by atoms with van der Waals surface area (Å²) in [7, 11) is 1.30. The van der Waals surface area contributed by atoms with Crippen LogP contribution < -0.4 is 5.56 Å². The number of nitriles is 2. The van der Waals surface area contributed by atoms with Gasteiger partial charge in [-0.3, -0.25) is 14.2 Å². The number of para-hydroxylation sites is 1. The van der Waals surface area contributed by atoms with Gasteiger partial charge in [-0.1, -0.05) is 23.9 Å². The smallest absolute Gasteiger partial charge is 0.307 e. The number of carbonyl (C=O) groups is 1. The van der Waals surface area contributed by atoms with Crippen LogP contribution in [0.4, 0.5) is 0 Å². The molecular weight excluding hydrogens is 352 g/mol. The van der Waals surface area contributed by atoms with E-state index in [0.29, 0.717) is 34.7 Å². The molecule has 0 aliphatic carbocycles. The van der Waals surface area contributed by atoms with Crippen LogP contribution in [0, 0.1) is 28.6 Å². The Balaban J connectivity index is 2.33. The van der Waals surface area contributed by atoms with Crippen LogP contribution in [-0.2, 0) is 16.1 Å². The Bertz CT molecular complexity index is 927. The molecule has 0 amide bonds. The Labute approximate surface area is 155 Å². The van der Waals surface area contributed by atoms with Crippen molar-refractivity contribution < 1.29 is 9.53 Å². The SMILES string of the molecule is COC(=O)CCn1c(SC[C@@H](C#N)CCC#N)nc2ccccc2c1=O. The summed E-state index contributed by atoms with van der Waals surface area (Å²) in [5.41, 5.74) is 0.340. The number of thioether (sulfide) groups is 1. The zero-order valence-electron chi connectivity index (χ0n) is 14.3. The van der Waals surface area contributed by atoms with Crippen LogP contribution in [-0.4, -0.2) is 28.4 Å². The molecule has 0 fully saturated rings. The van der Waals surface area contributed by atoms with E-state index >= 15 is 0 Å². The second-order valence-corrected chi connectivity index (χ2v) is 6.52. The van der Waals surface area contributed by atoms with E-state index in [-0.39, 0.29) is 24.4 Å². The first-order valence-corrected chi connectivity index (χ1v) is 9.05. The third-order valence-corrected chi connectivity index (χ3v) is 4.93. The van der Waals surface area contributed by atoms with Gasteiger partial charge in [0.2, 0.25) is 0 Å². The van der Waals surface area contributed by atoms with E-state index in [1.54, 1.807) is 24.3 Å². The van der Waals surface area contributed by atoms with Gasteiger partial charge in [0.05, 0.1) is 42.5 Å². The van der Waals surface area contributed by atoms with E-state index in [1.165, 1.54) is 23.4 Å². The highest BCUT2D eigenvalue weighted by atomic mass is 32.2. The Morgan fingerprint density at radius 3 is 2.85 bits per heavy atom. The Morgan fingerprint density at radius 2 is 2.15 bits per heavy atom. The highest BCUT2D eigenvalue weighted by Gasteiger charge is 2.15. The van der Waals surface area contributed by atoms with E-state index in [2.05, 4.69) is 15.8 Å². The molecular formula is C18H18N4O3S. The Hall–Kier alpha value is -2.84. The van der Waals surface area contributed by atoms with Crippen molar-refractivity contribution in [2.75, 3.05) is 12.9 Å². The average molecular weight is 370 g/mol. The molecule has 0 saturated carbocycles. The molecule has 2 rings (SSSR count). The van der Waals surface area contributed by atoms with E-state index in [0.717, 1.165) is 0 Å². The summed E-state index contributed by atoms with van der Waals surface area (Å²) in [5, 5.41) is 18.8. The van der Waals surface area contributed by atoms with Crippen LogP contribution in [0.25, 0.3) is 10.9 Å². The second-order valence-electron chi connectivity index (χ2n) is 5.53. The first-order valence-electron chi connectivity index (χ1n) is 8.06. The number of methoxy groups -OCH3 is 1. The Morgan fingerprint density at radius 1 is 1.38 bits per heavy atom. The molecule has 0 N–H and O–H groups in total. The van der Waals surface area contributed by atoms with Gasteiger partial charge in [0, 0.05) is 18.7 Å². The fraction of sp³-hybridized carbons (Fsp3) is 0.389. The number of hydrogen-bond acceptors (Lipinski definition) is 7. The molecule has 0 spiro atoms. The molecule has 26 heavy (non-hydrogen) atoms. The first-order chi connectivity index (χ1) is 12.6. The summed E-state index contributed by atoms with van der Waals surface area (Å²) >= 11 is 1.29. The van der Waals surface area contributed by atoms with Crippen LogP contribution >= 0.6 is 11.8 Å². The molecule has 2 aromatic rings. The molecule has 0 unspecified atom stereocenters. The highest BCUT2D eigenvalue weighted by Crippen LogP contribution is 2.22. The van der Waals surface area contributed by atoms with E-state index < -0.39 is 5.97 Å². The zero-order valence-corrected chi connectivity index (χ0v) is 15.2. The van der Waals surface area contributed by atoms with E-state index in [9.17, 15) is 14.9 Å². The summed E-state index contributed by atoms with van der Waals surface area (Å²) in [6, 6.07) is 11.2. The first kappa shape index (κ1) is 19.5. The summed E-state index contributed by atoms with van der Waals surface area (Å²) in [4.78, 5) is 28.8. The third-order valence-electron chi connectivity index (χ3n) is 3.79. The lowest BCUT2D eigenvalue weighted by Gasteiger charge is -2.13. The minimum absolute atomic E-state index is 0.0557. The van der Waals surface area contributed by atoms with Crippen molar-refractivity contribution in [3.8, 4) is 12.1 Å². The van der Waals surface area contributed by atoms with Gasteiger partial charge in [-0.2, -0.15) is 10.5 Å². The van der Waals surface area contributed by atoms with Crippen LogP contribution in [0.15, 0.2) is 34.2 Å². The van der Waals surface area contributed by atoms with Crippen molar-refractivity contribution in [3.05, 3.63) is 34.6 Å². The monoisotopic (exact) mass is 370 g/mol. The lowest BCUT2D eigenvalue weighted by molar-refractivity contribution is -0.140. The van der Waals surface area contributed by atoms with Crippen molar-refractivity contribution in [1.82, 2.24) is 9.55 Å². The minimum Gasteiger partial charge on any atom is -0.469 e. The topological polar surface area (TPSA) is 109 Å². The Kier molecular flexibility index (Phi) is 7.19. The molecule has 1 atom stereocenters. The number of fused-ring (bicyclic) bond motifs is 1. The molecule has 1 aromatic heterocycles. The summed E-state index contributed by atoms with van der Waals surface area (Å²) in [6.45, 7) is 0.154. The molecule has 0 aliphatic rings. The fourth-order valence-corrected chi connectivity index (χ4v) is 3.44. The number of carbonyl (C=O) groups excluding carboxylic acids is 1. The number of nitrogens with zero attached hydrogens (tertiary/aromatic N) is 4. The molecule has 1 heterocycles. The van der Waals surface area contributed by atoms with Gasteiger partial charge in [-0.15, -0.1) is 0 Å². The third kappa shape index (κ3) is 4.84. The molecule has 134 valence electrons. The number of esters is 1. The molecule has 7 nitrogen and oxygen atoms in total. The maximum absolute atomic E-state index is 12.8. The summed E-state index contributed by atoms with van der Waals surface area (Å²) < 4.78 is 6.09. The lowest BCUT2D eigenvalue weighted by Crippen LogP contribution is -2.25. The minimum atomic E-state index is -0.412. The van der Waals surface area contributed by atoms with Crippen LogP contribution in [0.3, 0.4) is 0 Å². The van der Waals surface area contributed by atoms with Gasteiger partial charge < -0.3 is 4.74 Å². The number of benzene rings is 1. The predicted molar refractivity (Wildman–Crippen MR) is 97.3 cm³/mol. The standard InChI is InChI=1S/C18H18N4O3S/c1-25-16(23)8-10-22-17(24)14-6-2-3-7-15(14)21-18(22)26-12-13(11-20)5-4-9-19/h2-3,6-7,13H,4-5,8,10,12H2,1H3/t13-/m1/s1. The van der Waals surface area contributed by atoms with Crippen LogP contribution in [0.5, 0.6) is 0 Å². The van der Waals surface area contributed by atoms with Crippen molar-refractivity contribution >= 4 is 28.6 Å². The maximum Gasteiger partial charge on any atom is 0.307 e.